The first-order valence-electron chi connectivity index (χ1n) is 7.52. The van der Waals surface area contributed by atoms with Crippen molar-refractivity contribution in [3.63, 3.8) is 0 Å². The third kappa shape index (κ3) is 4.64. The fraction of sp³-hybridized carbons (Fsp3) is 0.167. The molecule has 2 aromatic carbocycles. The lowest BCUT2D eigenvalue weighted by Crippen LogP contribution is -2.44. The van der Waals surface area contributed by atoms with Crippen LogP contribution in [0.3, 0.4) is 0 Å². The summed E-state index contributed by atoms with van der Waals surface area (Å²) in [6.45, 7) is -0.367. The summed E-state index contributed by atoms with van der Waals surface area (Å²) in [5.41, 5.74) is 5.01. The number of carbonyl (C=O) groups is 2. The number of nitriles is 1. The van der Waals surface area contributed by atoms with Crippen LogP contribution in [0.25, 0.3) is 0 Å². The van der Waals surface area contributed by atoms with Crippen LogP contribution in [0.15, 0.2) is 42.5 Å². The molecule has 0 unspecified atom stereocenters. The SMILES string of the molecule is COc1ccc(OC)c(C(=O)NNC(=O)COc2ccccc2C#N)c1. The highest BCUT2D eigenvalue weighted by molar-refractivity contribution is 5.98. The van der Waals surface area contributed by atoms with E-state index < -0.39 is 11.8 Å². The zero-order valence-electron chi connectivity index (χ0n) is 14.2. The van der Waals surface area contributed by atoms with Crippen LogP contribution < -0.4 is 25.1 Å². The second-order valence-corrected chi connectivity index (χ2v) is 4.97. The van der Waals surface area contributed by atoms with Crippen LogP contribution in [0.1, 0.15) is 15.9 Å². The van der Waals surface area contributed by atoms with Crippen LogP contribution in [-0.2, 0) is 4.79 Å². The Bertz CT molecular complexity index is 845. The average molecular weight is 355 g/mol. The lowest BCUT2D eigenvalue weighted by atomic mass is 10.2. The minimum Gasteiger partial charge on any atom is -0.497 e. The number of amides is 2. The molecule has 0 fully saturated rings. The number of nitrogens with zero attached hydrogens (tertiary/aromatic N) is 1. The van der Waals surface area contributed by atoms with Crippen LogP contribution in [0.4, 0.5) is 0 Å². The number of hydrogen-bond acceptors (Lipinski definition) is 6. The van der Waals surface area contributed by atoms with Crippen LogP contribution in [0.2, 0.25) is 0 Å². The van der Waals surface area contributed by atoms with Gasteiger partial charge >= 0.3 is 0 Å². The van der Waals surface area contributed by atoms with Crippen LogP contribution >= 0.6 is 0 Å². The van der Waals surface area contributed by atoms with Gasteiger partial charge in [-0.25, -0.2) is 0 Å². The Labute approximate surface area is 150 Å². The molecule has 0 radical (unpaired) electrons. The van der Waals surface area contributed by atoms with E-state index in [9.17, 15) is 9.59 Å². The molecule has 0 heterocycles. The molecular weight excluding hydrogens is 338 g/mol. The Balaban J connectivity index is 1.93. The normalized spacial score (nSPS) is 9.58. The zero-order valence-corrected chi connectivity index (χ0v) is 14.2. The van der Waals surface area contributed by atoms with Gasteiger partial charge in [0, 0.05) is 0 Å². The minimum absolute atomic E-state index is 0.197. The standard InChI is InChI=1S/C18H17N3O5/c1-24-13-7-8-16(25-2)14(9-13)18(23)21-20-17(22)11-26-15-6-4-3-5-12(15)10-19/h3-9H,11H2,1-2H3,(H,20,22)(H,21,23). The van der Waals surface area contributed by atoms with Crippen molar-refractivity contribution in [2.24, 2.45) is 0 Å². The molecule has 26 heavy (non-hydrogen) atoms. The van der Waals surface area contributed by atoms with Gasteiger partial charge in [-0.2, -0.15) is 5.26 Å². The molecule has 0 saturated heterocycles. The minimum atomic E-state index is -0.590. The topological polar surface area (TPSA) is 110 Å². The quantitative estimate of drug-likeness (QED) is 0.758. The number of ether oxygens (including phenoxy) is 3. The molecule has 2 N–H and O–H groups in total. The van der Waals surface area contributed by atoms with Crippen molar-refractivity contribution in [3.05, 3.63) is 53.6 Å². The first-order valence-corrected chi connectivity index (χ1v) is 7.52. The number of hydrogen-bond donors (Lipinski definition) is 2. The van der Waals surface area contributed by atoms with Gasteiger partial charge in [0.1, 0.15) is 23.3 Å². The summed E-state index contributed by atoms with van der Waals surface area (Å²) in [6, 6.07) is 13.2. The number of benzene rings is 2. The van der Waals surface area contributed by atoms with Crippen molar-refractivity contribution in [2.45, 2.75) is 0 Å². The highest BCUT2D eigenvalue weighted by Crippen LogP contribution is 2.23. The Hall–Kier alpha value is -3.73. The van der Waals surface area contributed by atoms with Crippen molar-refractivity contribution in [1.82, 2.24) is 10.9 Å². The molecule has 0 saturated carbocycles. The molecule has 0 aliphatic heterocycles. The van der Waals surface area contributed by atoms with Gasteiger partial charge in [-0.1, -0.05) is 12.1 Å². The van der Waals surface area contributed by atoms with Crippen LogP contribution in [0.5, 0.6) is 17.2 Å². The van der Waals surface area contributed by atoms with Crippen molar-refractivity contribution in [2.75, 3.05) is 20.8 Å². The fourth-order valence-electron chi connectivity index (χ4n) is 2.05. The predicted octanol–water partition coefficient (Wildman–Crippen LogP) is 1.42. The fourth-order valence-corrected chi connectivity index (χ4v) is 2.05. The summed E-state index contributed by atoms with van der Waals surface area (Å²) < 4.78 is 15.5. The van der Waals surface area contributed by atoms with Crippen molar-refractivity contribution in [3.8, 4) is 23.3 Å². The van der Waals surface area contributed by atoms with Crippen molar-refractivity contribution < 1.29 is 23.8 Å². The van der Waals surface area contributed by atoms with Gasteiger partial charge in [-0.3, -0.25) is 20.4 Å². The molecule has 2 rings (SSSR count). The molecule has 0 aliphatic rings. The third-order valence-corrected chi connectivity index (χ3v) is 3.33. The molecule has 0 bridgehead atoms. The van der Waals surface area contributed by atoms with Gasteiger partial charge in [0.15, 0.2) is 6.61 Å². The van der Waals surface area contributed by atoms with E-state index >= 15 is 0 Å². The van der Waals surface area contributed by atoms with Crippen molar-refractivity contribution >= 4 is 11.8 Å². The van der Waals surface area contributed by atoms with E-state index in [0.717, 1.165) is 0 Å². The van der Waals surface area contributed by atoms with Gasteiger partial charge in [0.05, 0.1) is 25.3 Å². The van der Waals surface area contributed by atoms with Gasteiger partial charge in [0.2, 0.25) is 0 Å². The van der Waals surface area contributed by atoms with E-state index in [1.54, 1.807) is 36.4 Å². The molecule has 0 atom stereocenters. The third-order valence-electron chi connectivity index (χ3n) is 3.33. The van der Waals surface area contributed by atoms with E-state index in [0.29, 0.717) is 17.1 Å². The second kappa shape index (κ2) is 8.94. The molecule has 0 spiro atoms. The van der Waals surface area contributed by atoms with Gasteiger partial charge in [0.25, 0.3) is 11.8 Å². The second-order valence-electron chi connectivity index (χ2n) is 4.97. The lowest BCUT2D eigenvalue weighted by Gasteiger charge is -2.12. The largest absolute Gasteiger partial charge is 0.497 e. The number of para-hydroxylation sites is 1. The van der Waals surface area contributed by atoms with E-state index in [1.165, 1.54) is 20.3 Å². The summed E-state index contributed by atoms with van der Waals surface area (Å²) in [4.78, 5) is 24.1. The number of rotatable bonds is 6. The maximum absolute atomic E-state index is 12.2. The highest BCUT2D eigenvalue weighted by atomic mass is 16.5. The molecule has 0 aromatic heterocycles. The Kier molecular flexibility index (Phi) is 6.40. The smallest absolute Gasteiger partial charge is 0.276 e. The number of methoxy groups -OCH3 is 2. The molecule has 2 amide bonds. The Morgan fingerprint density at radius 1 is 1.04 bits per heavy atom. The van der Waals surface area contributed by atoms with Crippen LogP contribution in [-0.4, -0.2) is 32.6 Å². The van der Waals surface area contributed by atoms with Crippen LogP contribution in [0, 0.1) is 11.3 Å². The summed E-state index contributed by atoms with van der Waals surface area (Å²) in [6.07, 6.45) is 0. The molecule has 2 aromatic rings. The number of carbonyl (C=O) groups excluding carboxylic acids is 2. The number of nitrogens with one attached hydrogen (secondary N) is 2. The summed E-state index contributed by atoms with van der Waals surface area (Å²) in [5, 5.41) is 8.97. The summed E-state index contributed by atoms with van der Waals surface area (Å²) in [7, 11) is 2.90. The molecule has 8 nitrogen and oxygen atoms in total. The van der Waals surface area contributed by atoms with E-state index in [4.69, 9.17) is 19.5 Å². The lowest BCUT2D eigenvalue weighted by molar-refractivity contribution is -0.123. The first kappa shape index (κ1) is 18.6. The zero-order chi connectivity index (χ0) is 18.9. The predicted molar refractivity (Wildman–Crippen MR) is 91.8 cm³/mol. The van der Waals surface area contributed by atoms with Gasteiger partial charge < -0.3 is 14.2 Å². The monoisotopic (exact) mass is 355 g/mol. The van der Waals surface area contributed by atoms with E-state index in [-0.39, 0.29) is 17.9 Å². The maximum atomic E-state index is 12.2. The average Bonchev–Trinajstić information content (AvgIpc) is 2.69. The Morgan fingerprint density at radius 2 is 1.81 bits per heavy atom. The molecule has 0 aliphatic carbocycles. The molecular formula is C18H17N3O5. The number of hydrazine groups is 1. The molecule has 8 heteroatoms. The molecule has 134 valence electrons. The Morgan fingerprint density at radius 3 is 2.50 bits per heavy atom. The summed E-state index contributed by atoms with van der Waals surface area (Å²) in [5.74, 6) is -0.0825. The van der Waals surface area contributed by atoms with Gasteiger partial charge in [-0.05, 0) is 30.3 Å². The maximum Gasteiger partial charge on any atom is 0.276 e. The van der Waals surface area contributed by atoms with E-state index in [1.807, 2.05) is 6.07 Å². The van der Waals surface area contributed by atoms with Gasteiger partial charge in [-0.15, -0.1) is 0 Å². The highest BCUT2D eigenvalue weighted by Gasteiger charge is 2.15. The van der Waals surface area contributed by atoms with Crippen molar-refractivity contribution in [1.29, 1.82) is 5.26 Å². The van der Waals surface area contributed by atoms with E-state index in [2.05, 4.69) is 10.9 Å². The summed E-state index contributed by atoms with van der Waals surface area (Å²) >= 11 is 0. The first-order chi connectivity index (χ1) is 12.6.